The van der Waals surface area contributed by atoms with Crippen LogP contribution in [0.15, 0.2) is 6.20 Å². The number of ketones is 1. The molecule has 0 saturated heterocycles. The van der Waals surface area contributed by atoms with Gasteiger partial charge in [0.15, 0.2) is 5.78 Å². The summed E-state index contributed by atoms with van der Waals surface area (Å²) in [5.74, 6) is 0.00826. The van der Waals surface area contributed by atoms with E-state index in [1.807, 2.05) is 0 Å². The Morgan fingerprint density at radius 3 is 2.93 bits per heavy atom. The number of hydrogen-bond acceptors (Lipinski definition) is 3. The van der Waals surface area contributed by atoms with Gasteiger partial charge in [0, 0.05) is 18.3 Å². The highest BCUT2D eigenvalue weighted by Gasteiger charge is 2.08. The van der Waals surface area contributed by atoms with E-state index >= 15 is 0 Å². The van der Waals surface area contributed by atoms with Gasteiger partial charge in [-0.3, -0.25) is 9.48 Å². The number of nitrogens with zero attached hydrogens (tertiary/aromatic N) is 2. The van der Waals surface area contributed by atoms with Crippen LogP contribution in [0.3, 0.4) is 0 Å². The molecule has 0 amide bonds. The van der Waals surface area contributed by atoms with Gasteiger partial charge in [0.1, 0.15) is 6.67 Å². The summed E-state index contributed by atoms with van der Waals surface area (Å²) in [5, 5.41) is 6.89. The fourth-order valence-electron chi connectivity index (χ4n) is 1.26. The second-order valence-corrected chi connectivity index (χ2v) is 3.16. The summed E-state index contributed by atoms with van der Waals surface area (Å²) in [7, 11) is 1.78. The van der Waals surface area contributed by atoms with Crippen LogP contribution in [0.2, 0.25) is 0 Å². The van der Waals surface area contributed by atoms with Crippen LogP contribution in [0.4, 0.5) is 4.39 Å². The number of alkyl halides is 1. The van der Waals surface area contributed by atoms with E-state index in [1.165, 1.54) is 11.6 Å². The molecule has 1 aromatic heterocycles. The van der Waals surface area contributed by atoms with E-state index in [0.29, 0.717) is 12.2 Å². The van der Waals surface area contributed by atoms with Gasteiger partial charge in [0.25, 0.3) is 0 Å². The molecule has 0 aliphatic rings. The lowest BCUT2D eigenvalue weighted by Gasteiger charge is -1.95. The quantitative estimate of drug-likeness (QED) is 0.757. The molecule has 1 N–H and O–H groups in total. The number of nitrogens with one attached hydrogen (secondary N) is 1. The molecule has 4 nitrogen and oxygen atoms in total. The molecule has 0 atom stereocenters. The van der Waals surface area contributed by atoms with Crippen molar-refractivity contribution in [1.29, 1.82) is 0 Å². The Hall–Kier alpha value is -1.23. The van der Waals surface area contributed by atoms with Crippen molar-refractivity contribution < 1.29 is 9.18 Å². The van der Waals surface area contributed by atoms with Crippen molar-refractivity contribution in [3.05, 3.63) is 17.5 Å². The second-order valence-electron chi connectivity index (χ2n) is 3.16. The van der Waals surface area contributed by atoms with Crippen molar-refractivity contribution in [2.75, 3.05) is 7.05 Å². The molecular formula is C9H14FN3O. The summed E-state index contributed by atoms with van der Waals surface area (Å²) >= 11 is 0. The first-order valence-electron chi connectivity index (χ1n) is 4.42. The third-order valence-electron chi connectivity index (χ3n) is 1.80. The minimum absolute atomic E-state index is 0.00826. The normalized spacial score (nSPS) is 10.5. The van der Waals surface area contributed by atoms with Crippen LogP contribution in [0.25, 0.3) is 0 Å². The number of rotatable bonds is 5. The molecular weight excluding hydrogens is 185 g/mol. The van der Waals surface area contributed by atoms with Gasteiger partial charge in [-0.1, -0.05) is 0 Å². The van der Waals surface area contributed by atoms with E-state index in [1.54, 1.807) is 13.2 Å². The summed E-state index contributed by atoms with van der Waals surface area (Å²) in [6.45, 7) is 1.66. The number of aromatic nitrogens is 2. The summed E-state index contributed by atoms with van der Waals surface area (Å²) in [5.41, 5.74) is 1.21. The van der Waals surface area contributed by atoms with Gasteiger partial charge >= 0.3 is 0 Å². The monoisotopic (exact) mass is 199 g/mol. The fourth-order valence-corrected chi connectivity index (χ4v) is 1.26. The van der Waals surface area contributed by atoms with Gasteiger partial charge in [0.2, 0.25) is 0 Å². The fraction of sp³-hybridized carbons (Fsp3) is 0.556. The molecule has 0 aliphatic heterocycles. The van der Waals surface area contributed by atoms with Gasteiger partial charge in [-0.2, -0.15) is 5.10 Å². The Balaban J connectivity index is 2.82. The first-order chi connectivity index (χ1) is 6.67. The maximum Gasteiger partial charge on any atom is 0.151 e. The van der Waals surface area contributed by atoms with Crippen LogP contribution in [0.1, 0.15) is 18.2 Å². The van der Waals surface area contributed by atoms with Gasteiger partial charge in [-0.15, -0.1) is 0 Å². The smallest absolute Gasteiger partial charge is 0.151 e. The number of carbonyl (C=O) groups is 1. The number of hydrogen-bond donors (Lipinski definition) is 1. The highest BCUT2D eigenvalue weighted by atomic mass is 19.1. The average molecular weight is 199 g/mol. The summed E-state index contributed by atoms with van der Waals surface area (Å²) in [4.78, 5) is 10.8. The molecule has 0 aromatic carbocycles. The molecule has 5 heteroatoms. The molecule has 14 heavy (non-hydrogen) atoms. The molecule has 0 spiro atoms. The van der Waals surface area contributed by atoms with E-state index < -0.39 is 6.67 Å². The zero-order chi connectivity index (χ0) is 10.6. The maximum absolute atomic E-state index is 12.5. The lowest BCUT2D eigenvalue weighted by molar-refractivity contribution is -0.117. The Labute approximate surface area is 82.1 Å². The van der Waals surface area contributed by atoms with E-state index in [-0.39, 0.29) is 12.3 Å². The first kappa shape index (κ1) is 10.8. The number of halogens is 1. The number of carbonyl (C=O) groups excluding carboxylic acids is 1. The highest BCUT2D eigenvalue weighted by Crippen LogP contribution is 2.08. The van der Waals surface area contributed by atoms with Gasteiger partial charge in [-0.25, -0.2) is 4.39 Å². The van der Waals surface area contributed by atoms with Gasteiger partial charge in [-0.05, 0) is 14.0 Å². The van der Waals surface area contributed by atoms with Gasteiger partial charge < -0.3 is 5.32 Å². The van der Waals surface area contributed by atoms with Crippen molar-refractivity contribution in [1.82, 2.24) is 15.1 Å². The molecule has 1 aromatic rings. The van der Waals surface area contributed by atoms with Crippen molar-refractivity contribution in [3.63, 3.8) is 0 Å². The third-order valence-corrected chi connectivity index (χ3v) is 1.80. The van der Waals surface area contributed by atoms with E-state index in [9.17, 15) is 9.18 Å². The van der Waals surface area contributed by atoms with Crippen molar-refractivity contribution >= 4 is 5.78 Å². The molecule has 0 aliphatic carbocycles. The minimum atomic E-state index is -0.595. The highest BCUT2D eigenvalue weighted by molar-refractivity contribution is 5.75. The molecule has 0 bridgehead atoms. The topological polar surface area (TPSA) is 46.9 Å². The summed E-state index contributed by atoms with van der Waals surface area (Å²) < 4.78 is 13.9. The predicted molar refractivity (Wildman–Crippen MR) is 50.5 cm³/mol. The van der Waals surface area contributed by atoms with E-state index in [2.05, 4.69) is 10.4 Å². The number of Topliss-reactive ketones (excluding diaryl/α,β-unsaturated/α-hetero) is 1. The zero-order valence-electron chi connectivity index (χ0n) is 8.38. The summed E-state index contributed by atoms with van der Waals surface area (Å²) in [6.07, 6.45) is 1.70. The molecule has 0 fully saturated rings. The molecule has 1 heterocycles. The maximum atomic E-state index is 12.5. The van der Waals surface area contributed by atoms with Crippen LogP contribution >= 0.6 is 0 Å². The third kappa shape index (κ3) is 2.63. The van der Waals surface area contributed by atoms with Crippen molar-refractivity contribution in [2.45, 2.75) is 26.7 Å². The van der Waals surface area contributed by atoms with Crippen molar-refractivity contribution in [3.8, 4) is 0 Å². The van der Waals surface area contributed by atoms with Crippen LogP contribution in [-0.4, -0.2) is 22.6 Å². The molecule has 78 valence electrons. The van der Waals surface area contributed by atoms with Crippen LogP contribution in [0.5, 0.6) is 0 Å². The second kappa shape index (κ2) is 4.85. The Bertz CT molecular complexity index is 322. The van der Waals surface area contributed by atoms with Crippen LogP contribution in [-0.2, 0) is 24.6 Å². The van der Waals surface area contributed by atoms with Crippen LogP contribution < -0.4 is 5.32 Å². The lowest BCUT2D eigenvalue weighted by Crippen LogP contribution is -2.07. The predicted octanol–water partition coefficient (Wildman–Crippen LogP) is 0.661. The Morgan fingerprint density at radius 2 is 2.43 bits per heavy atom. The minimum Gasteiger partial charge on any atom is -0.316 e. The SMILES string of the molecule is CNCc1cn(CC(C)=O)nc1CF. The van der Waals surface area contributed by atoms with Crippen molar-refractivity contribution in [2.24, 2.45) is 0 Å². The Kier molecular flexibility index (Phi) is 3.76. The first-order valence-corrected chi connectivity index (χ1v) is 4.42. The Morgan fingerprint density at radius 1 is 1.71 bits per heavy atom. The zero-order valence-corrected chi connectivity index (χ0v) is 8.38. The molecule has 1 rings (SSSR count). The van der Waals surface area contributed by atoms with E-state index in [4.69, 9.17) is 0 Å². The standard InChI is InChI=1S/C9H14FN3O/c1-7(14)5-13-6-8(4-11-2)9(3-10)12-13/h6,11H,3-5H2,1-2H3. The van der Waals surface area contributed by atoms with Gasteiger partial charge in [0.05, 0.1) is 12.2 Å². The average Bonchev–Trinajstić information content (AvgIpc) is 2.47. The largest absolute Gasteiger partial charge is 0.316 e. The molecule has 0 radical (unpaired) electrons. The summed E-state index contributed by atoms with van der Waals surface area (Å²) in [6, 6.07) is 0. The van der Waals surface area contributed by atoms with Crippen LogP contribution in [0, 0.1) is 0 Å². The lowest BCUT2D eigenvalue weighted by atomic mass is 10.2. The molecule has 0 saturated carbocycles. The molecule has 0 unspecified atom stereocenters. The van der Waals surface area contributed by atoms with E-state index in [0.717, 1.165) is 5.56 Å².